The normalized spacial score (nSPS) is 19.8. The maximum Gasteiger partial charge on any atom is 0.335 e. The Morgan fingerprint density at radius 3 is 2.57 bits per heavy atom. The van der Waals surface area contributed by atoms with Crippen LogP contribution in [0.3, 0.4) is 0 Å². The van der Waals surface area contributed by atoms with E-state index in [0.717, 1.165) is 38.8 Å². The molecule has 0 bridgehead atoms. The second-order valence-electron chi connectivity index (χ2n) is 7.21. The van der Waals surface area contributed by atoms with Gasteiger partial charge < -0.3 is 9.47 Å². The zero-order valence-electron chi connectivity index (χ0n) is 16.9. The van der Waals surface area contributed by atoms with E-state index in [1.54, 1.807) is 14.2 Å². The fourth-order valence-corrected chi connectivity index (χ4v) is 4.69. The molecule has 4 amide bonds. The molecule has 2 fully saturated rings. The summed E-state index contributed by atoms with van der Waals surface area (Å²) in [6, 6.07) is 8.67. The van der Waals surface area contributed by atoms with Gasteiger partial charge in [0, 0.05) is 23.0 Å². The van der Waals surface area contributed by atoms with Crippen molar-refractivity contribution in [1.82, 2.24) is 14.7 Å². The van der Waals surface area contributed by atoms with E-state index >= 15 is 0 Å². The molecule has 1 aromatic heterocycles. The number of amides is 4. The Morgan fingerprint density at radius 1 is 1.07 bits per heavy atom. The van der Waals surface area contributed by atoms with E-state index in [9.17, 15) is 14.4 Å². The third-order valence-corrected chi connectivity index (χ3v) is 6.37. The zero-order chi connectivity index (χ0) is 21.3. The van der Waals surface area contributed by atoms with Crippen LogP contribution in [0.4, 0.5) is 4.79 Å². The van der Waals surface area contributed by atoms with E-state index in [4.69, 9.17) is 9.47 Å². The Balaban J connectivity index is 1.54. The molecule has 30 heavy (non-hydrogen) atoms. The average molecular weight is 429 g/mol. The van der Waals surface area contributed by atoms with Gasteiger partial charge in [-0.3, -0.25) is 19.4 Å². The summed E-state index contributed by atoms with van der Waals surface area (Å²) in [7, 11) is 3.21. The number of urea groups is 1. The second kappa shape index (κ2) is 8.45. The van der Waals surface area contributed by atoms with Crippen LogP contribution in [0, 0.1) is 0 Å². The van der Waals surface area contributed by atoms with Gasteiger partial charge in [0.15, 0.2) is 0 Å². The van der Waals surface area contributed by atoms with Crippen LogP contribution >= 0.6 is 11.3 Å². The molecule has 0 N–H and O–H groups in total. The summed E-state index contributed by atoms with van der Waals surface area (Å²) >= 11 is 1.44. The van der Waals surface area contributed by atoms with Crippen molar-refractivity contribution in [1.29, 1.82) is 0 Å². The predicted molar refractivity (Wildman–Crippen MR) is 110 cm³/mol. The van der Waals surface area contributed by atoms with Crippen molar-refractivity contribution in [2.45, 2.75) is 25.4 Å². The van der Waals surface area contributed by atoms with Crippen molar-refractivity contribution in [3.05, 3.63) is 46.2 Å². The van der Waals surface area contributed by atoms with E-state index in [0.29, 0.717) is 12.3 Å². The Hall–Kier alpha value is -2.91. The van der Waals surface area contributed by atoms with Crippen LogP contribution in [0.2, 0.25) is 0 Å². The number of imide groups is 2. The molecule has 1 aromatic carbocycles. The van der Waals surface area contributed by atoms with E-state index in [1.165, 1.54) is 11.3 Å². The first kappa shape index (κ1) is 20.4. The highest BCUT2D eigenvalue weighted by Gasteiger charge is 2.46. The Labute approximate surface area is 178 Å². The third kappa shape index (κ3) is 3.66. The summed E-state index contributed by atoms with van der Waals surface area (Å²) in [6.07, 6.45) is 1.76. The van der Waals surface area contributed by atoms with Crippen molar-refractivity contribution < 1.29 is 23.9 Å². The van der Waals surface area contributed by atoms with Gasteiger partial charge in [0.1, 0.15) is 11.5 Å². The SMILES string of the molecule is COc1ccc(OC)c([C@H]2CCCN2CN2C(=O)C(=O)N(Cc3cccs3)C2=O)c1. The van der Waals surface area contributed by atoms with Gasteiger partial charge in [0.2, 0.25) is 0 Å². The van der Waals surface area contributed by atoms with Gasteiger partial charge in [-0.2, -0.15) is 0 Å². The van der Waals surface area contributed by atoms with Crippen LogP contribution in [0.15, 0.2) is 35.7 Å². The molecule has 8 nitrogen and oxygen atoms in total. The lowest BCUT2D eigenvalue weighted by atomic mass is 10.0. The van der Waals surface area contributed by atoms with E-state index in [2.05, 4.69) is 0 Å². The summed E-state index contributed by atoms with van der Waals surface area (Å²) in [5, 5.41) is 1.87. The lowest BCUT2D eigenvalue weighted by Gasteiger charge is -2.29. The predicted octanol–water partition coefficient (Wildman–Crippen LogP) is 2.85. The van der Waals surface area contributed by atoms with Crippen molar-refractivity contribution in [2.75, 3.05) is 27.4 Å². The maximum absolute atomic E-state index is 12.9. The molecule has 0 spiro atoms. The highest BCUT2D eigenvalue weighted by molar-refractivity contribution is 7.09. The van der Waals surface area contributed by atoms with Crippen LogP contribution in [0.25, 0.3) is 0 Å². The number of methoxy groups -OCH3 is 2. The van der Waals surface area contributed by atoms with Gasteiger partial charge in [-0.05, 0) is 42.5 Å². The largest absolute Gasteiger partial charge is 0.497 e. The second-order valence-corrected chi connectivity index (χ2v) is 8.24. The number of benzene rings is 1. The van der Waals surface area contributed by atoms with Crippen LogP contribution < -0.4 is 9.47 Å². The fourth-order valence-electron chi connectivity index (χ4n) is 4.00. The van der Waals surface area contributed by atoms with Crippen LogP contribution in [0.1, 0.15) is 29.3 Å². The first-order valence-corrected chi connectivity index (χ1v) is 10.6. The number of nitrogens with zero attached hydrogens (tertiary/aromatic N) is 3. The van der Waals surface area contributed by atoms with Crippen molar-refractivity contribution in [2.24, 2.45) is 0 Å². The summed E-state index contributed by atoms with van der Waals surface area (Å²) < 4.78 is 10.9. The summed E-state index contributed by atoms with van der Waals surface area (Å²) in [6.45, 7) is 0.890. The molecule has 0 saturated carbocycles. The number of hydrogen-bond donors (Lipinski definition) is 0. The standard InChI is InChI=1S/C21H23N3O5S/c1-28-14-7-8-18(29-2)16(11-14)17-6-3-9-22(17)13-24-20(26)19(25)23(21(24)27)12-15-5-4-10-30-15/h4-5,7-8,10-11,17H,3,6,9,12-13H2,1-2H3/t17-/m1/s1. The molecule has 2 aromatic rings. The molecule has 2 aliphatic rings. The number of thiophene rings is 1. The average Bonchev–Trinajstić information content (AvgIpc) is 3.49. The van der Waals surface area contributed by atoms with E-state index in [-0.39, 0.29) is 19.3 Å². The van der Waals surface area contributed by atoms with Crippen LogP contribution in [0.5, 0.6) is 11.5 Å². The monoisotopic (exact) mass is 429 g/mol. The quantitative estimate of drug-likeness (QED) is 0.497. The van der Waals surface area contributed by atoms with E-state index in [1.807, 2.05) is 40.6 Å². The number of ether oxygens (including phenoxy) is 2. The number of carbonyl (C=O) groups excluding carboxylic acids is 3. The molecule has 9 heteroatoms. The van der Waals surface area contributed by atoms with Gasteiger partial charge in [0.25, 0.3) is 0 Å². The van der Waals surface area contributed by atoms with Gasteiger partial charge in [-0.25, -0.2) is 9.69 Å². The van der Waals surface area contributed by atoms with Crippen LogP contribution in [-0.2, 0) is 16.1 Å². The minimum absolute atomic E-state index is 0.0444. The number of likely N-dealkylation sites (tertiary alicyclic amines) is 1. The molecular formula is C21H23N3O5S. The number of rotatable bonds is 7. The maximum atomic E-state index is 12.9. The van der Waals surface area contributed by atoms with Crippen molar-refractivity contribution in [3.63, 3.8) is 0 Å². The Bertz CT molecular complexity index is 962. The molecule has 1 atom stereocenters. The van der Waals surface area contributed by atoms with Crippen molar-refractivity contribution >= 4 is 29.2 Å². The van der Waals surface area contributed by atoms with Gasteiger partial charge in [-0.15, -0.1) is 11.3 Å². The highest BCUT2D eigenvalue weighted by Crippen LogP contribution is 2.39. The number of carbonyl (C=O) groups is 3. The molecule has 0 unspecified atom stereocenters. The fraction of sp³-hybridized carbons (Fsp3) is 0.381. The minimum Gasteiger partial charge on any atom is -0.497 e. The molecule has 3 heterocycles. The highest BCUT2D eigenvalue weighted by atomic mass is 32.1. The smallest absolute Gasteiger partial charge is 0.335 e. The lowest BCUT2D eigenvalue weighted by Crippen LogP contribution is -2.42. The van der Waals surface area contributed by atoms with Crippen molar-refractivity contribution in [3.8, 4) is 11.5 Å². The molecule has 4 rings (SSSR count). The van der Waals surface area contributed by atoms with Gasteiger partial charge in [-0.1, -0.05) is 6.07 Å². The molecule has 158 valence electrons. The summed E-state index contributed by atoms with van der Waals surface area (Å²) in [5.74, 6) is -0.117. The third-order valence-electron chi connectivity index (χ3n) is 5.51. The molecular weight excluding hydrogens is 406 g/mol. The van der Waals surface area contributed by atoms with Gasteiger partial charge in [0.05, 0.1) is 27.4 Å². The number of hydrogen-bond acceptors (Lipinski definition) is 7. The topological polar surface area (TPSA) is 79.4 Å². The summed E-state index contributed by atoms with van der Waals surface area (Å²) in [4.78, 5) is 42.8. The zero-order valence-corrected chi connectivity index (χ0v) is 17.7. The van der Waals surface area contributed by atoms with E-state index < -0.39 is 17.8 Å². The molecule has 2 saturated heterocycles. The molecule has 0 aliphatic carbocycles. The molecule has 0 radical (unpaired) electrons. The van der Waals surface area contributed by atoms with Gasteiger partial charge >= 0.3 is 17.8 Å². The molecule has 2 aliphatic heterocycles. The minimum atomic E-state index is -0.778. The van der Waals surface area contributed by atoms with Crippen LogP contribution in [-0.4, -0.2) is 60.0 Å². The Morgan fingerprint density at radius 2 is 1.87 bits per heavy atom. The Kier molecular flexibility index (Phi) is 5.74. The lowest BCUT2D eigenvalue weighted by molar-refractivity contribution is -0.144. The summed E-state index contributed by atoms with van der Waals surface area (Å²) in [5.41, 5.74) is 0.940. The first-order chi connectivity index (χ1) is 14.5. The first-order valence-electron chi connectivity index (χ1n) is 9.69.